The van der Waals surface area contributed by atoms with Crippen LogP contribution in [0.25, 0.3) is 6.08 Å². The topological polar surface area (TPSA) is 88.0 Å². The number of hydrogen-bond donors (Lipinski definition) is 2. The number of amides is 1. The zero-order valence-electron chi connectivity index (χ0n) is 16.9. The molecule has 9 heteroatoms. The van der Waals surface area contributed by atoms with Gasteiger partial charge in [0.05, 0.1) is 26.2 Å². The maximum absolute atomic E-state index is 12.3. The third kappa shape index (κ3) is 5.76. The number of carbonyl (C=O) groups is 2. The van der Waals surface area contributed by atoms with Crippen LogP contribution in [0.3, 0.4) is 0 Å². The molecular formula is C24H16Cl2N2O4S. The average Bonchev–Trinajstić information content (AvgIpc) is 3.15. The molecule has 1 saturated heterocycles. The summed E-state index contributed by atoms with van der Waals surface area (Å²) in [5.41, 5.74) is 2.39. The van der Waals surface area contributed by atoms with Gasteiger partial charge in [-0.15, -0.1) is 0 Å². The number of carboxylic acids is 1. The first-order valence-corrected chi connectivity index (χ1v) is 11.2. The van der Waals surface area contributed by atoms with Crippen LogP contribution in [0.2, 0.25) is 10.0 Å². The van der Waals surface area contributed by atoms with Gasteiger partial charge in [0, 0.05) is 0 Å². The van der Waals surface area contributed by atoms with Crippen molar-refractivity contribution in [1.29, 1.82) is 0 Å². The quantitative estimate of drug-likeness (QED) is 0.397. The van der Waals surface area contributed by atoms with Gasteiger partial charge in [0.1, 0.15) is 12.4 Å². The molecule has 0 unspecified atom stereocenters. The van der Waals surface area contributed by atoms with Crippen molar-refractivity contribution in [2.45, 2.75) is 6.61 Å². The molecule has 3 aromatic rings. The van der Waals surface area contributed by atoms with E-state index in [-0.39, 0.29) is 11.5 Å². The van der Waals surface area contributed by atoms with Crippen LogP contribution in [0.4, 0.5) is 5.69 Å². The summed E-state index contributed by atoms with van der Waals surface area (Å²) in [6.07, 6.45) is 1.76. The highest BCUT2D eigenvalue weighted by molar-refractivity contribution is 8.18. The molecule has 6 nitrogen and oxygen atoms in total. The molecule has 2 N–H and O–H groups in total. The number of halogens is 2. The minimum atomic E-state index is -0.965. The number of aliphatic imine (C=N–C) groups is 1. The highest BCUT2D eigenvalue weighted by Gasteiger charge is 2.24. The second-order valence-corrected chi connectivity index (χ2v) is 8.73. The fourth-order valence-electron chi connectivity index (χ4n) is 2.89. The molecule has 0 aliphatic carbocycles. The Kier molecular flexibility index (Phi) is 7.03. The number of amidine groups is 1. The van der Waals surface area contributed by atoms with E-state index in [2.05, 4.69) is 10.3 Å². The predicted molar refractivity (Wildman–Crippen MR) is 131 cm³/mol. The Labute approximate surface area is 203 Å². The molecule has 0 bridgehead atoms. The Morgan fingerprint density at radius 2 is 1.79 bits per heavy atom. The van der Waals surface area contributed by atoms with Gasteiger partial charge in [-0.2, -0.15) is 0 Å². The molecule has 1 amide bonds. The van der Waals surface area contributed by atoms with Crippen molar-refractivity contribution >= 4 is 63.8 Å². The number of nitrogens with one attached hydrogen (secondary N) is 1. The van der Waals surface area contributed by atoms with Crippen molar-refractivity contribution in [3.05, 3.63) is 98.4 Å². The number of ether oxygens (including phenoxy) is 1. The number of rotatable bonds is 6. The van der Waals surface area contributed by atoms with E-state index in [9.17, 15) is 9.59 Å². The van der Waals surface area contributed by atoms with E-state index >= 15 is 0 Å². The van der Waals surface area contributed by atoms with E-state index in [1.165, 1.54) is 11.8 Å². The summed E-state index contributed by atoms with van der Waals surface area (Å²) in [6, 6.07) is 18.9. The lowest BCUT2D eigenvalue weighted by Gasteiger charge is -2.07. The third-order valence-corrected chi connectivity index (χ3v) is 6.31. The molecule has 0 radical (unpaired) electrons. The van der Waals surface area contributed by atoms with Gasteiger partial charge in [-0.3, -0.25) is 4.79 Å². The fraction of sp³-hybridized carbons (Fsp3) is 0.0417. The summed E-state index contributed by atoms with van der Waals surface area (Å²) >= 11 is 13.4. The first-order chi connectivity index (χ1) is 15.9. The summed E-state index contributed by atoms with van der Waals surface area (Å²) in [5.74, 6) is -0.559. The van der Waals surface area contributed by atoms with Crippen LogP contribution in [0.5, 0.6) is 5.75 Å². The highest BCUT2D eigenvalue weighted by atomic mass is 35.5. The number of carboxylic acid groups (broad SMARTS) is 1. The van der Waals surface area contributed by atoms with Crippen LogP contribution < -0.4 is 10.1 Å². The van der Waals surface area contributed by atoms with Gasteiger partial charge in [0.2, 0.25) is 0 Å². The molecule has 4 rings (SSSR count). The Morgan fingerprint density at radius 3 is 2.48 bits per heavy atom. The summed E-state index contributed by atoms with van der Waals surface area (Å²) in [4.78, 5) is 28.1. The maximum atomic E-state index is 12.3. The molecule has 1 aliphatic rings. The number of carbonyl (C=O) groups excluding carboxylic acids is 1. The van der Waals surface area contributed by atoms with Gasteiger partial charge < -0.3 is 15.2 Å². The minimum absolute atomic E-state index is 0.230. The molecule has 1 heterocycles. The van der Waals surface area contributed by atoms with Crippen LogP contribution in [-0.2, 0) is 11.4 Å². The molecule has 0 atom stereocenters. The molecule has 1 fully saturated rings. The summed E-state index contributed by atoms with van der Waals surface area (Å²) in [5, 5.41) is 12.8. The Bertz CT molecular complexity index is 1270. The Hall–Kier alpha value is -3.26. The predicted octanol–water partition coefficient (Wildman–Crippen LogP) is 6.16. The number of hydrogen-bond acceptors (Lipinski definition) is 5. The highest BCUT2D eigenvalue weighted by Crippen LogP contribution is 2.34. The standard InChI is InChI=1S/C24H16Cl2N2O4S/c25-18-2-1-3-19(21(18)26)27-24-28-22(29)20(33-24)12-14-6-10-17(11-7-14)32-13-15-4-8-16(9-5-15)23(30)31/h1-12H,13H2,(H,30,31)(H,27,28,29). The molecule has 33 heavy (non-hydrogen) atoms. The number of aromatic carboxylic acids is 1. The number of benzene rings is 3. The largest absolute Gasteiger partial charge is 0.489 e. The van der Waals surface area contributed by atoms with E-state index in [1.807, 2.05) is 12.1 Å². The van der Waals surface area contributed by atoms with Crippen molar-refractivity contribution in [2.24, 2.45) is 4.99 Å². The SMILES string of the molecule is O=C1NC(=Nc2cccc(Cl)c2Cl)SC1=Cc1ccc(OCc2ccc(C(=O)O)cc2)cc1. The van der Waals surface area contributed by atoms with E-state index in [1.54, 1.807) is 60.7 Å². The fourth-order valence-corrected chi connectivity index (χ4v) is 4.06. The van der Waals surface area contributed by atoms with Crippen molar-refractivity contribution in [2.75, 3.05) is 0 Å². The van der Waals surface area contributed by atoms with Gasteiger partial charge in [-0.25, -0.2) is 9.79 Å². The van der Waals surface area contributed by atoms with E-state index in [4.69, 9.17) is 33.0 Å². The van der Waals surface area contributed by atoms with Gasteiger partial charge in [-0.05, 0) is 65.4 Å². The van der Waals surface area contributed by atoms with Gasteiger partial charge in [-0.1, -0.05) is 53.5 Å². The smallest absolute Gasteiger partial charge is 0.335 e. The minimum Gasteiger partial charge on any atom is -0.489 e. The molecule has 0 spiro atoms. The van der Waals surface area contributed by atoms with Crippen molar-refractivity contribution in [1.82, 2.24) is 5.32 Å². The number of nitrogens with zero attached hydrogens (tertiary/aromatic N) is 1. The molecule has 166 valence electrons. The van der Waals surface area contributed by atoms with Crippen LogP contribution in [-0.4, -0.2) is 22.2 Å². The summed E-state index contributed by atoms with van der Waals surface area (Å²) in [6.45, 7) is 0.310. The van der Waals surface area contributed by atoms with Gasteiger partial charge >= 0.3 is 5.97 Å². The summed E-state index contributed by atoms with van der Waals surface area (Å²) in [7, 11) is 0. The maximum Gasteiger partial charge on any atom is 0.335 e. The molecule has 1 aliphatic heterocycles. The summed E-state index contributed by atoms with van der Waals surface area (Å²) < 4.78 is 5.75. The number of thioether (sulfide) groups is 1. The van der Waals surface area contributed by atoms with Gasteiger partial charge in [0.15, 0.2) is 5.17 Å². The third-order valence-electron chi connectivity index (χ3n) is 4.59. The second kappa shape index (κ2) is 10.1. The average molecular weight is 499 g/mol. The molecule has 0 saturated carbocycles. The van der Waals surface area contributed by atoms with Crippen LogP contribution in [0, 0.1) is 0 Å². The zero-order valence-corrected chi connectivity index (χ0v) is 19.2. The van der Waals surface area contributed by atoms with Crippen LogP contribution in [0.15, 0.2) is 76.6 Å². The molecule has 0 aromatic heterocycles. The lowest BCUT2D eigenvalue weighted by atomic mass is 10.1. The molecule has 3 aromatic carbocycles. The van der Waals surface area contributed by atoms with Gasteiger partial charge in [0.25, 0.3) is 5.91 Å². The van der Waals surface area contributed by atoms with E-state index in [0.29, 0.717) is 38.2 Å². The van der Waals surface area contributed by atoms with Crippen molar-refractivity contribution in [3.63, 3.8) is 0 Å². The zero-order chi connectivity index (χ0) is 23.4. The van der Waals surface area contributed by atoms with E-state index < -0.39 is 5.97 Å². The van der Waals surface area contributed by atoms with Crippen molar-refractivity contribution < 1.29 is 19.4 Å². The molecular weight excluding hydrogens is 483 g/mol. The second-order valence-electron chi connectivity index (χ2n) is 6.91. The van der Waals surface area contributed by atoms with Crippen molar-refractivity contribution in [3.8, 4) is 5.75 Å². The Morgan fingerprint density at radius 1 is 1.06 bits per heavy atom. The Balaban J connectivity index is 1.40. The normalized spacial score (nSPS) is 15.6. The lowest BCUT2D eigenvalue weighted by molar-refractivity contribution is -0.115. The van der Waals surface area contributed by atoms with E-state index in [0.717, 1.165) is 11.1 Å². The first kappa shape index (κ1) is 22.9. The monoisotopic (exact) mass is 498 g/mol. The van der Waals surface area contributed by atoms with Crippen LogP contribution >= 0.6 is 35.0 Å². The lowest BCUT2D eigenvalue weighted by Crippen LogP contribution is -2.19. The van der Waals surface area contributed by atoms with Crippen LogP contribution in [0.1, 0.15) is 21.5 Å². The first-order valence-electron chi connectivity index (χ1n) is 9.68.